The monoisotopic (exact) mass is 355 g/mol. The number of allylic oxidation sites excluding steroid dienone is 1. The Morgan fingerprint density at radius 2 is 1.73 bits per heavy atom. The number of imidazole rings is 1. The topological polar surface area (TPSA) is 53.1 Å². The Bertz CT molecular complexity index is 758. The van der Waals surface area contributed by atoms with E-state index in [4.69, 9.17) is 4.74 Å². The molecule has 0 aliphatic carbocycles. The Kier molecular flexibility index (Phi) is 6.09. The first-order valence-electron chi connectivity index (χ1n) is 9.47. The van der Waals surface area contributed by atoms with E-state index >= 15 is 0 Å². The molecule has 0 saturated carbocycles. The normalized spacial score (nSPS) is 23.7. The molecule has 4 heteroatoms. The van der Waals surface area contributed by atoms with Crippen LogP contribution < -0.4 is 5.73 Å². The van der Waals surface area contributed by atoms with Gasteiger partial charge in [-0.15, -0.1) is 0 Å². The molecule has 1 saturated heterocycles. The lowest BCUT2D eigenvalue weighted by molar-refractivity contribution is -0.295. The summed E-state index contributed by atoms with van der Waals surface area (Å²) in [6.45, 7) is 12.9. The van der Waals surface area contributed by atoms with Crippen molar-refractivity contribution >= 4 is 6.20 Å². The third-order valence-electron chi connectivity index (χ3n) is 5.61. The summed E-state index contributed by atoms with van der Waals surface area (Å²) in [6, 6.07) is 8.77. The molecule has 0 spiro atoms. The molecule has 1 aromatic heterocycles. The van der Waals surface area contributed by atoms with Gasteiger partial charge in [0.05, 0.1) is 17.6 Å². The quantitative estimate of drug-likeness (QED) is 0.827. The van der Waals surface area contributed by atoms with Gasteiger partial charge in [0.1, 0.15) is 5.82 Å². The number of aromatic nitrogens is 2. The highest BCUT2D eigenvalue weighted by Crippen LogP contribution is 2.57. The number of fused-ring (bicyclic) bond motifs is 1. The zero-order valence-electron chi connectivity index (χ0n) is 17.2. The van der Waals surface area contributed by atoms with E-state index in [9.17, 15) is 0 Å². The second-order valence-corrected chi connectivity index (χ2v) is 7.41. The van der Waals surface area contributed by atoms with E-state index in [2.05, 4.69) is 79.5 Å². The van der Waals surface area contributed by atoms with Crippen molar-refractivity contribution < 1.29 is 4.74 Å². The number of benzene rings is 1. The molecule has 2 atom stereocenters. The van der Waals surface area contributed by atoms with Crippen LogP contribution in [0.1, 0.15) is 70.5 Å². The molecule has 2 aliphatic rings. The molecular weight excluding hydrogens is 322 g/mol. The van der Waals surface area contributed by atoms with Crippen molar-refractivity contribution in [3.8, 4) is 0 Å². The van der Waals surface area contributed by atoms with Gasteiger partial charge < -0.3 is 15.0 Å². The van der Waals surface area contributed by atoms with E-state index < -0.39 is 0 Å². The smallest absolute Gasteiger partial charge is 0.124 e. The number of hydrogen-bond acceptors (Lipinski definition) is 3. The predicted molar refractivity (Wildman–Crippen MR) is 109 cm³/mol. The fourth-order valence-corrected chi connectivity index (χ4v) is 3.47. The molecule has 2 aliphatic heterocycles. The SMILES string of the molecule is CC.CC1(C)OC(c2cccc(C3C=Cn4ccnc43)c2)C1(C)C.CN. The molecule has 0 bridgehead atoms. The van der Waals surface area contributed by atoms with Gasteiger partial charge in [-0.2, -0.15) is 0 Å². The summed E-state index contributed by atoms with van der Waals surface area (Å²) >= 11 is 0. The molecule has 4 nitrogen and oxygen atoms in total. The van der Waals surface area contributed by atoms with Crippen LogP contribution in [-0.4, -0.2) is 22.2 Å². The zero-order valence-corrected chi connectivity index (χ0v) is 17.2. The largest absolute Gasteiger partial charge is 0.366 e. The van der Waals surface area contributed by atoms with Crippen molar-refractivity contribution in [2.75, 3.05) is 7.05 Å². The first-order valence-corrected chi connectivity index (χ1v) is 9.47. The summed E-state index contributed by atoms with van der Waals surface area (Å²) in [5.41, 5.74) is 7.11. The third-order valence-corrected chi connectivity index (χ3v) is 5.61. The Morgan fingerprint density at radius 1 is 1.08 bits per heavy atom. The minimum atomic E-state index is -0.0722. The van der Waals surface area contributed by atoms with Crippen LogP contribution in [-0.2, 0) is 4.74 Å². The summed E-state index contributed by atoms with van der Waals surface area (Å²) in [5, 5.41) is 0. The lowest BCUT2D eigenvalue weighted by Crippen LogP contribution is -2.57. The number of ether oxygens (including phenoxy) is 1. The first-order chi connectivity index (χ1) is 12.4. The van der Waals surface area contributed by atoms with Gasteiger partial charge in [0, 0.05) is 24.0 Å². The molecule has 2 aromatic rings. The molecule has 1 fully saturated rings. The Morgan fingerprint density at radius 3 is 2.35 bits per heavy atom. The molecule has 2 N–H and O–H groups in total. The summed E-state index contributed by atoms with van der Waals surface area (Å²) in [5.74, 6) is 1.33. The Labute approximate surface area is 158 Å². The van der Waals surface area contributed by atoms with E-state index in [-0.39, 0.29) is 23.0 Å². The van der Waals surface area contributed by atoms with Gasteiger partial charge in [0.2, 0.25) is 0 Å². The van der Waals surface area contributed by atoms with Crippen LogP contribution >= 0.6 is 0 Å². The van der Waals surface area contributed by atoms with Crippen LogP contribution in [0.25, 0.3) is 6.20 Å². The summed E-state index contributed by atoms with van der Waals surface area (Å²) in [7, 11) is 1.50. The van der Waals surface area contributed by atoms with Crippen molar-refractivity contribution in [3.63, 3.8) is 0 Å². The lowest BCUT2D eigenvalue weighted by Gasteiger charge is -2.58. The summed E-state index contributed by atoms with van der Waals surface area (Å²) in [4.78, 5) is 4.48. The molecule has 0 radical (unpaired) electrons. The fraction of sp³-hybridized carbons (Fsp3) is 0.500. The van der Waals surface area contributed by atoms with E-state index in [0.717, 1.165) is 5.82 Å². The highest BCUT2D eigenvalue weighted by Gasteiger charge is 2.56. The van der Waals surface area contributed by atoms with E-state index in [1.54, 1.807) is 0 Å². The number of hydrogen-bond donors (Lipinski definition) is 1. The lowest BCUT2D eigenvalue weighted by atomic mass is 9.65. The number of rotatable bonds is 2. The Hall–Kier alpha value is -1.91. The number of nitrogens with two attached hydrogens (primary N) is 1. The van der Waals surface area contributed by atoms with E-state index in [0.29, 0.717) is 0 Å². The zero-order chi connectivity index (χ0) is 19.5. The standard InChI is InChI=1S/C19H22N2O.C2H6.CH5N/c1-18(2)16(22-19(18,3)4)14-7-5-6-13(12-14)15-8-10-21-11-9-20-17(15)21;2*1-2/h5-12,15-16H,1-4H3;1-2H3;2H2,1H3. The van der Waals surface area contributed by atoms with Gasteiger partial charge in [-0.25, -0.2) is 4.98 Å². The molecule has 1 aromatic carbocycles. The van der Waals surface area contributed by atoms with Gasteiger partial charge in [-0.1, -0.05) is 58.0 Å². The molecular formula is C22H33N3O. The molecule has 2 unspecified atom stereocenters. The van der Waals surface area contributed by atoms with Crippen molar-refractivity contribution in [1.82, 2.24) is 9.55 Å². The van der Waals surface area contributed by atoms with Crippen LogP contribution in [0.2, 0.25) is 0 Å². The van der Waals surface area contributed by atoms with Crippen LogP contribution in [0, 0.1) is 5.41 Å². The van der Waals surface area contributed by atoms with Gasteiger partial charge in [-0.3, -0.25) is 0 Å². The van der Waals surface area contributed by atoms with Gasteiger partial charge in [0.15, 0.2) is 0 Å². The predicted octanol–water partition coefficient (Wildman–Crippen LogP) is 4.98. The summed E-state index contributed by atoms with van der Waals surface area (Å²) in [6.07, 6.45) is 8.31. The second kappa shape index (κ2) is 7.77. The van der Waals surface area contributed by atoms with Crippen LogP contribution in [0.5, 0.6) is 0 Å². The molecule has 26 heavy (non-hydrogen) atoms. The van der Waals surface area contributed by atoms with Gasteiger partial charge in [-0.05, 0) is 32.0 Å². The Balaban J connectivity index is 0.000000570. The highest BCUT2D eigenvalue weighted by molar-refractivity contribution is 5.46. The maximum absolute atomic E-state index is 6.16. The average Bonchev–Trinajstić information content (AvgIpc) is 3.27. The van der Waals surface area contributed by atoms with Crippen LogP contribution in [0.3, 0.4) is 0 Å². The molecule has 4 rings (SSSR count). The number of nitrogens with zero attached hydrogens (tertiary/aromatic N) is 2. The van der Waals surface area contributed by atoms with Gasteiger partial charge >= 0.3 is 0 Å². The second-order valence-electron chi connectivity index (χ2n) is 7.41. The van der Waals surface area contributed by atoms with Gasteiger partial charge in [0.25, 0.3) is 0 Å². The summed E-state index contributed by atoms with van der Waals surface area (Å²) < 4.78 is 8.25. The highest BCUT2D eigenvalue weighted by atomic mass is 16.5. The van der Waals surface area contributed by atoms with Crippen molar-refractivity contribution in [2.24, 2.45) is 11.1 Å². The van der Waals surface area contributed by atoms with Crippen LogP contribution in [0.4, 0.5) is 0 Å². The van der Waals surface area contributed by atoms with Crippen molar-refractivity contribution in [1.29, 1.82) is 0 Å². The van der Waals surface area contributed by atoms with E-state index in [1.807, 2.05) is 26.2 Å². The van der Waals surface area contributed by atoms with Crippen molar-refractivity contribution in [2.45, 2.75) is 59.2 Å². The van der Waals surface area contributed by atoms with E-state index in [1.165, 1.54) is 18.2 Å². The third kappa shape index (κ3) is 3.24. The molecule has 142 valence electrons. The average molecular weight is 356 g/mol. The fourth-order valence-electron chi connectivity index (χ4n) is 3.47. The molecule has 3 heterocycles. The van der Waals surface area contributed by atoms with Crippen LogP contribution in [0.15, 0.2) is 42.7 Å². The minimum absolute atomic E-state index is 0.0722. The first kappa shape index (κ1) is 20.4. The molecule has 0 amide bonds. The van der Waals surface area contributed by atoms with Crippen molar-refractivity contribution in [3.05, 3.63) is 59.7 Å². The minimum Gasteiger partial charge on any atom is -0.366 e. The maximum Gasteiger partial charge on any atom is 0.124 e. The maximum atomic E-state index is 6.16.